The van der Waals surface area contributed by atoms with Gasteiger partial charge in [0.2, 0.25) is 0 Å². The van der Waals surface area contributed by atoms with Crippen LogP contribution >= 0.6 is 0 Å². The first-order valence-corrected chi connectivity index (χ1v) is 3.51. The van der Waals surface area contributed by atoms with Gasteiger partial charge in [-0.15, -0.1) is 0 Å². The molecule has 64 valence electrons. The van der Waals surface area contributed by atoms with E-state index in [0.29, 0.717) is 0 Å². The molecule has 0 heterocycles. The van der Waals surface area contributed by atoms with Gasteiger partial charge in [-0.25, -0.2) is 0 Å². The zero-order valence-electron chi connectivity index (χ0n) is 7.88. The van der Waals surface area contributed by atoms with Crippen LogP contribution in [-0.4, -0.2) is 43.8 Å². The van der Waals surface area contributed by atoms with E-state index < -0.39 is 0 Å². The number of allylic oxidation sites excluding steroid dienone is 1. The van der Waals surface area contributed by atoms with Gasteiger partial charge in [-0.05, 0) is 0 Å². The van der Waals surface area contributed by atoms with Crippen LogP contribution in [0.1, 0.15) is 6.92 Å². The summed E-state index contributed by atoms with van der Waals surface area (Å²) in [5.74, 6) is 0.0868. The fourth-order valence-electron chi connectivity index (χ4n) is 0.766. The van der Waals surface area contributed by atoms with E-state index >= 15 is 0 Å². The highest BCUT2D eigenvalue weighted by molar-refractivity contribution is 5.92. The molecule has 0 aromatic rings. The van der Waals surface area contributed by atoms with Gasteiger partial charge in [0.25, 0.3) is 0 Å². The summed E-state index contributed by atoms with van der Waals surface area (Å²) in [5.41, 5.74) is 0.718. The first-order valence-electron chi connectivity index (χ1n) is 3.51. The van der Waals surface area contributed by atoms with Gasteiger partial charge >= 0.3 is 0 Å². The summed E-state index contributed by atoms with van der Waals surface area (Å²) in [5, 5.41) is 0. The van der Waals surface area contributed by atoms with Gasteiger partial charge in [-0.1, -0.05) is 0 Å². The van der Waals surface area contributed by atoms with Gasteiger partial charge in [0.15, 0.2) is 5.78 Å². The quantitative estimate of drug-likeness (QED) is 0.557. The van der Waals surface area contributed by atoms with Gasteiger partial charge < -0.3 is 9.80 Å². The highest BCUT2D eigenvalue weighted by atomic mass is 16.1. The highest BCUT2D eigenvalue weighted by Crippen LogP contribution is 1.99. The lowest BCUT2D eigenvalue weighted by molar-refractivity contribution is -0.114. The molecule has 0 amide bonds. The van der Waals surface area contributed by atoms with E-state index in [1.165, 1.54) is 0 Å². The third-order valence-electron chi connectivity index (χ3n) is 1.22. The Hall–Kier alpha value is -0.990. The van der Waals surface area contributed by atoms with Crippen LogP contribution in [0.25, 0.3) is 0 Å². The van der Waals surface area contributed by atoms with Crippen molar-refractivity contribution in [2.45, 2.75) is 6.92 Å². The van der Waals surface area contributed by atoms with Crippen LogP contribution in [0, 0.1) is 0 Å². The van der Waals surface area contributed by atoms with E-state index in [0.717, 1.165) is 5.70 Å². The molecule has 0 atom stereocenters. The van der Waals surface area contributed by atoms with Crippen LogP contribution in [0.4, 0.5) is 0 Å². The zero-order valence-corrected chi connectivity index (χ0v) is 7.88. The summed E-state index contributed by atoms with van der Waals surface area (Å²) in [6.45, 7) is 1.56. The molecule has 0 aromatic heterocycles. The SMILES string of the molecule is CC(=O)C(=CN(C)C)N(C)C. The largest absolute Gasteiger partial charge is 0.382 e. The second-order valence-corrected chi connectivity index (χ2v) is 2.93. The Morgan fingerprint density at radius 2 is 1.64 bits per heavy atom. The fourth-order valence-corrected chi connectivity index (χ4v) is 0.766. The third kappa shape index (κ3) is 3.65. The Morgan fingerprint density at radius 3 is 1.73 bits per heavy atom. The maximum atomic E-state index is 11.0. The third-order valence-corrected chi connectivity index (χ3v) is 1.22. The lowest BCUT2D eigenvalue weighted by Crippen LogP contribution is -2.20. The van der Waals surface area contributed by atoms with Gasteiger partial charge in [0.05, 0.1) is 5.70 Å². The van der Waals surface area contributed by atoms with Crippen molar-refractivity contribution in [1.29, 1.82) is 0 Å². The Bertz CT molecular complexity index is 171. The summed E-state index contributed by atoms with van der Waals surface area (Å²) < 4.78 is 0. The molecule has 0 saturated carbocycles. The molecule has 0 rings (SSSR count). The second-order valence-electron chi connectivity index (χ2n) is 2.93. The predicted octanol–water partition coefficient (Wildman–Crippen LogP) is 0.540. The molecular weight excluding hydrogens is 140 g/mol. The Labute approximate surface area is 68.3 Å². The lowest BCUT2D eigenvalue weighted by Gasteiger charge is -2.16. The molecule has 0 aliphatic carbocycles. The average molecular weight is 156 g/mol. The van der Waals surface area contributed by atoms with Crippen LogP contribution in [0.2, 0.25) is 0 Å². The van der Waals surface area contributed by atoms with Crippen molar-refractivity contribution in [2.75, 3.05) is 28.2 Å². The first-order chi connectivity index (χ1) is 4.95. The lowest BCUT2D eigenvalue weighted by atomic mass is 10.3. The molecule has 0 aromatic carbocycles. The number of rotatable bonds is 3. The first kappa shape index (κ1) is 10.0. The fraction of sp³-hybridized carbons (Fsp3) is 0.625. The maximum Gasteiger partial charge on any atom is 0.177 e. The number of Topliss-reactive ketones (excluding diaryl/α,β-unsaturated/α-hetero) is 1. The molecule has 0 bridgehead atoms. The average Bonchev–Trinajstić information content (AvgIpc) is 1.81. The molecule has 0 aliphatic heterocycles. The molecule has 0 radical (unpaired) electrons. The van der Waals surface area contributed by atoms with Crippen molar-refractivity contribution in [1.82, 2.24) is 9.80 Å². The minimum atomic E-state index is 0.0868. The Kier molecular flexibility index (Phi) is 3.65. The maximum absolute atomic E-state index is 11.0. The molecular formula is C8H16N2O. The molecule has 0 aliphatic rings. The van der Waals surface area contributed by atoms with Crippen LogP contribution in [-0.2, 0) is 4.79 Å². The number of carbonyl (C=O) groups is 1. The summed E-state index contributed by atoms with van der Waals surface area (Å²) in [6, 6.07) is 0. The van der Waals surface area contributed by atoms with Crippen molar-refractivity contribution in [3.63, 3.8) is 0 Å². The molecule has 0 spiro atoms. The van der Waals surface area contributed by atoms with Gasteiger partial charge in [0.1, 0.15) is 0 Å². The number of ketones is 1. The minimum Gasteiger partial charge on any atom is -0.382 e. The number of nitrogens with zero attached hydrogens (tertiary/aromatic N) is 2. The summed E-state index contributed by atoms with van der Waals surface area (Å²) >= 11 is 0. The van der Waals surface area contributed by atoms with Gasteiger partial charge in [-0.3, -0.25) is 4.79 Å². The molecule has 3 heteroatoms. The molecule has 0 fully saturated rings. The standard InChI is InChI=1S/C8H16N2O/c1-7(11)8(10(4)5)6-9(2)3/h6H,1-5H3. The van der Waals surface area contributed by atoms with E-state index in [1.807, 2.05) is 44.2 Å². The Balaban J connectivity index is 4.47. The van der Waals surface area contributed by atoms with Crippen LogP contribution in [0.5, 0.6) is 0 Å². The summed E-state index contributed by atoms with van der Waals surface area (Å²) in [4.78, 5) is 14.6. The number of hydrogen-bond acceptors (Lipinski definition) is 3. The van der Waals surface area contributed by atoms with Gasteiger partial charge in [0, 0.05) is 41.3 Å². The smallest absolute Gasteiger partial charge is 0.177 e. The van der Waals surface area contributed by atoms with E-state index in [4.69, 9.17) is 0 Å². The number of carbonyl (C=O) groups excluding carboxylic acids is 1. The van der Waals surface area contributed by atoms with Crippen molar-refractivity contribution in [3.05, 3.63) is 11.9 Å². The summed E-state index contributed by atoms with van der Waals surface area (Å²) in [6.07, 6.45) is 1.81. The number of likely N-dealkylation sites (N-methyl/N-ethyl adjacent to an activating group) is 1. The van der Waals surface area contributed by atoms with E-state index in [1.54, 1.807) is 6.92 Å². The molecule has 11 heavy (non-hydrogen) atoms. The zero-order chi connectivity index (χ0) is 9.02. The van der Waals surface area contributed by atoms with Crippen LogP contribution in [0.3, 0.4) is 0 Å². The topological polar surface area (TPSA) is 23.6 Å². The van der Waals surface area contributed by atoms with Crippen molar-refractivity contribution >= 4 is 5.78 Å². The van der Waals surface area contributed by atoms with Crippen LogP contribution in [0.15, 0.2) is 11.9 Å². The van der Waals surface area contributed by atoms with E-state index in [9.17, 15) is 4.79 Å². The summed E-state index contributed by atoms with van der Waals surface area (Å²) in [7, 11) is 7.51. The van der Waals surface area contributed by atoms with E-state index in [2.05, 4.69) is 0 Å². The molecule has 0 N–H and O–H groups in total. The second kappa shape index (κ2) is 4.01. The van der Waals surface area contributed by atoms with Crippen molar-refractivity contribution < 1.29 is 4.79 Å². The van der Waals surface area contributed by atoms with Crippen molar-refractivity contribution in [3.8, 4) is 0 Å². The molecule has 3 nitrogen and oxygen atoms in total. The van der Waals surface area contributed by atoms with Gasteiger partial charge in [-0.2, -0.15) is 0 Å². The van der Waals surface area contributed by atoms with Crippen LogP contribution < -0.4 is 0 Å². The highest BCUT2D eigenvalue weighted by Gasteiger charge is 2.04. The number of hydrogen-bond donors (Lipinski definition) is 0. The van der Waals surface area contributed by atoms with Crippen molar-refractivity contribution in [2.24, 2.45) is 0 Å². The Morgan fingerprint density at radius 1 is 1.18 bits per heavy atom. The van der Waals surface area contributed by atoms with E-state index in [-0.39, 0.29) is 5.78 Å². The predicted molar refractivity (Wildman–Crippen MR) is 46.1 cm³/mol. The monoisotopic (exact) mass is 156 g/mol. The molecule has 0 unspecified atom stereocenters. The molecule has 0 saturated heterocycles. The normalized spacial score (nSPS) is 11.2. The minimum absolute atomic E-state index is 0.0868.